The summed E-state index contributed by atoms with van der Waals surface area (Å²) in [6, 6.07) is 0. The standard InChI is InChI=1S/C4H10NTe/c1-5(2)3-4-6/h3-4H2,1-2H3. The van der Waals surface area contributed by atoms with Crippen LogP contribution in [0.15, 0.2) is 0 Å². The first-order valence-corrected chi connectivity index (χ1v) is 3.65. The fraction of sp³-hybridized carbons (Fsp3) is 1.00. The second-order valence-corrected chi connectivity index (χ2v) is 2.67. The summed E-state index contributed by atoms with van der Waals surface area (Å²) in [5.41, 5.74) is 0. The normalized spacial score (nSPS) is 10.0. The molecule has 0 fully saturated rings. The minimum atomic E-state index is 1.21. The Bertz CT molecular complexity index is 28.7. The van der Waals surface area contributed by atoms with E-state index in [1.54, 1.807) is 0 Å². The molecule has 0 aromatic rings. The summed E-state index contributed by atoms with van der Waals surface area (Å²) in [7, 11) is 4.18. The molecular formula is C4H10NTe. The molecule has 0 aliphatic carbocycles. The van der Waals surface area contributed by atoms with Gasteiger partial charge in [0, 0.05) is 0 Å². The van der Waals surface area contributed by atoms with Gasteiger partial charge in [0.2, 0.25) is 0 Å². The number of hydrogen-bond donors (Lipinski definition) is 0. The van der Waals surface area contributed by atoms with Gasteiger partial charge in [-0.3, -0.25) is 0 Å². The number of rotatable bonds is 2. The minimum absolute atomic E-state index is 1.21. The Balaban J connectivity index is 2.63. The molecule has 0 aliphatic rings. The molecule has 0 heterocycles. The van der Waals surface area contributed by atoms with Gasteiger partial charge in [-0.15, -0.1) is 0 Å². The molecule has 0 unspecified atom stereocenters. The van der Waals surface area contributed by atoms with Gasteiger partial charge in [0.15, 0.2) is 0 Å². The van der Waals surface area contributed by atoms with Crippen LogP contribution < -0.4 is 0 Å². The third kappa shape index (κ3) is 4.75. The van der Waals surface area contributed by atoms with E-state index in [1.165, 1.54) is 11.0 Å². The van der Waals surface area contributed by atoms with Crippen LogP contribution >= 0.6 is 0 Å². The van der Waals surface area contributed by atoms with Crippen molar-refractivity contribution in [2.45, 2.75) is 4.47 Å². The predicted molar refractivity (Wildman–Crippen MR) is 29.1 cm³/mol. The number of nitrogens with zero attached hydrogens (tertiary/aromatic N) is 1. The maximum absolute atomic E-state index is 2.18. The van der Waals surface area contributed by atoms with Crippen LogP contribution in [0.1, 0.15) is 0 Å². The molecule has 0 spiro atoms. The molecule has 0 aliphatic heterocycles. The zero-order chi connectivity index (χ0) is 4.99. The van der Waals surface area contributed by atoms with E-state index in [0.717, 1.165) is 0 Å². The molecule has 0 saturated carbocycles. The van der Waals surface area contributed by atoms with E-state index in [-0.39, 0.29) is 0 Å². The van der Waals surface area contributed by atoms with Crippen LogP contribution in [0.4, 0.5) is 0 Å². The van der Waals surface area contributed by atoms with E-state index in [1.807, 2.05) is 0 Å². The molecule has 0 saturated heterocycles. The average molecular weight is 200 g/mol. The van der Waals surface area contributed by atoms with Gasteiger partial charge >= 0.3 is 52.3 Å². The Labute approximate surface area is 52.6 Å². The second-order valence-electron chi connectivity index (χ2n) is 1.51. The molecule has 37 valence electrons. The summed E-state index contributed by atoms with van der Waals surface area (Å²) in [5.74, 6) is 0. The van der Waals surface area contributed by atoms with E-state index in [0.29, 0.717) is 0 Å². The molecule has 0 rings (SSSR count). The quantitative estimate of drug-likeness (QED) is 0.572. The number of hydrogen-bond acceptors (Lipinski definition) is 1. The summed E-state index contributed by atoms with van der Waals surface area (Å²) in [5, 5.41) is 0. The van der Waals surface area contributed by atoms with Crippen LogP contribution in [-0.4, -0.2) is 47.8 Å². The fourth-order valence-corrected chi connectivity index (χ4v) is 1.22. The van der Waals surface area contributed by atoms with Crippen LogP contribution in [0.25, 0.3) is 0 Å². The van der Waals surface area contributed by atoms with Gasteiger partial charge in [0.1, 0.15) is 0 Å². The first kappa shape index (κ1) is 6.75. The Morgan fingerprint density at radius 2 is 2.00 bits per heavy atom. The Kier molecular flexibility index (Phi) is 4.41. The van der Waals surface area contributed by atoms with E-state index in [9.17, 15) is 0 Å². The Hall–Kier alpha value is 0.750. The van der Waals surface area contributed by atoms with Crippen molar-refractivity contribution in [1.82, 2.24) is 4.90 Å². The van der Waals surface area contributed by atoms with Crippen LogP contribution in [-0.2, 0) is 0 Å². The molecule has 0 amide bonds. The zero-order valence-electron chi connectivity index (χ0n) is 4.27. The van der Waals surface area contributed by atoms with Crippen LogP contribution in [0.5, 0.6) is 0 Å². The van der Waals surface area contributed by atoms with Crippen molar-refractivity contribution in [3.05, 3.63) is 0 Å². The van der Waals surface area contributed by atoms with Crippen LogP contribution in [0, 0.1) is 0 Å². The van der Waals surface area contributed by atoms with Gasteiger partial charge in [0.25, 0.3) is 0 Å². The summed E-state index contributed by atoms with van der Waals surface area (Å²) in [6.45, 7) is 1.21. The Morgan fingerprint density at radius 3 is 2.00 bits per heavy atom. The third-order valence-corrected chi connectivity index (χ3v) is 1.06. The Morgan fingerprint density at radius 1 is 1.50 bits per heavy atom. The van der Waals surface area contributed by atoms with Crippen molar-refractivity contribution in [2.24, 2.45) is 0 Å². The zero-order valence-corrected chi connectivity index (χ0v) is 6.60. The molecular weight excluding hydrogens is 190 g/mol. The fourth-order valence-electron chi connectivity index (χ4n) is 0.183. The van der Waals surface area contributed by atoms with Gasteiger partial charge in [-0.2, -0.15) is 0 Å². The van der Waals surface area contributed by atoms with Crippen LogP contribution in [0.2, 0.25) is 4.47 Å². The van der Waals surface area contributed by atoms with Crippen molar-refractivity contribution < 1.29 is 0 Å². The van der Waals surface area contributed by atoms with E-state index in [2.05, 4.69) is 41.3 Å². The molecule has 1 nitrogen and oxygen atoms in total. The average Bonchev–Trinajstić information content (AvgIpc) is 1.35. The molecule has 2 heteroatoms. The topological polar surface area (TPSA) is 3.24 Å². The molecule has 1 radical (unpaired) electrons. The summed E-state index contributed by atoms with van der Waals surface area (Å²) < 4.78 is 1.27. The summed E-state index contributed by atoms with van der Waals surface area (Å²) in [6.07, 6.45) is 0. The van der Waals surface area contributed by atoms with Crippen molar-refractivity contribution in [3.63, 3.8) is 0 Å². The summed E-state index contributed by atoms with van der Waals surface area (Å²) in [4.78, 5) is 2.18. The van der Waals surface area contributed by atoms with Crippen molar-refractivity contribution >= 4 is 22.3 Å². The molecule has 6 heavy (non-hydrogen) atoms. The molecule has 0 aromatic carbocycles. The SMILES string of the molecule is CN(C)CC[Te]. The second kappa shape index (κ2) is 3.92. The van der Waals surface area contributed by atoms with Crippen molar-refractivity contribution in [2.75, 3.05) is 20.6 Å². The summed E-state index contributed by atoms with van der Waals surface area (Å²) >= 11 is 2.12. The van der Waals surface area contributed by atoms with Crippen molar-refractivity contribution in [3.8, 4) is 0 Å². The van der Waals surface area contributed by atoms with Gasteiger partial charge in [-0.25, -0.2) is 0 Å². The van der Waals surface area contributed by atoms with Gasteiger partial charge < -0.3 is 0 Å². The predicted octanol–water partition coefficient (Wildman–Crippen LogP) is 0.135. The molecule has 0 bridgehead atoms. The monoisotopic (exact) mass is 202 g/mol. The van der Waals surface area contributed by atoms with Crippen molar-refractivity contribution in [1.29, 1.82) is 0 Å². The first-order chi connectivity index (χ1) is 2.77. The third-order valence-electron chi connectivity index (χ3n) is 0.539. The maximum atomic E-state index is 2.18. The van der Waals surface area contributed by atoms with Crippen LogP contribution in [0.3, 0.4) is 0 Å². The van der Waals surface area contributed by atoms with E-state index in [4.69, 9.17) is 0 Å². The molecule has 0 aromatic heterocycles. The first-order valence-electron chi connectivity index (χ1n) is 2.00. The van der Waals surface area contributed by atoms with E-state index < -0.39 is 0 Å². The molecule has 0 N–H and O–H groups in total. The molecule has 0 atom stereocenters. The van der Waals surface area contributed by atoms with Gasteiger partial charge in [-0.05, 0) is 0 Å². The van der Waals surface area contributed by atoms with E-state index >= 15 is 0 Å². The van der Waals surface area contributed by atoms with Gasteiger partial charge in [-0.1, -0.05) is 0 Å². The van der Waals surface area contributed by atoms with Gasteiger partial charge in [0.05, 0.1) is 0 Å².